The van der Waals surface area contributed by atoms with Crippen molar-refractivity contribution in [3.63, 3.8) is 0 Å². The molecule has 7 nitrogen and oxygen atoms in total. The third kappa shape index (κ3) is 2.79. The van der Waals surface area contributed by atoms with Crippen molar-refractivity contribution in [2.45, 2.75) is 13.0 Å². The van der Waals surface area contributed by atoms with Crippen molar-refractivity contribution in [1.29, 1.82) is 0 Å². The maximum absolute atomic E-state index is 12.5. The van der Waals surface area contributed by atoms with Gasteiger partial charge in [-0.3, -0.25) is 18.7 Å². The van der Waals surface area contributed by atoms with Gasteiger partial charge in [-0.1, -0.05) is 60.7 Å². The summed E-state index contributed by atoms with van der Waals surface area (Å²) in [5, 5.41) is 0. The molecule has 0 fully saturated rings. The lowest BCUT2D eigenvalue weighted by molar-refractivity contribution is 0.718. The summed E-state index contributed by atoms with van der Waals surface area (Å²) in [5.41, 5.74) is 3.08. The van der Waals surface area contributed by atoms with Crippen LogP contribution in [0.3, 0.4) is 0 Å². The van der Waals surface area contributed by atoms with Gasteiger partial charge in [-0.15, -0.1) is 0 Å². The SMILES string of the molecule is Cn1c(=O)[nH]c(=O)c2c1nc1n(CCc3ccccc3)c(-c3ccccc3)cn21. The fourth-order valence-electron chi connectivity index (χ4n) is 3.75. The summed E-state index contributed by atoms with van der Waals surface area (Å²) in [4.78, 5) is 31.5. The first kappa shape index (κ1) is 17.2. The summed E-state index contributed by atoms with van der Waals surface area (Å²) in [5.74, 6) is 0.640. The highest BCUT2D eigenvalue weighted by Gasteiger charge is 2.19. The van der Waals surface area contributed by atoms with Crippen molar-refractivity contribution in [3.8, 4) is 11.3 Å². The Labute approximate surface area is 165 Å². The fourth-order valence-corrected chi connectivity index (χ4v) is 3.75. The second-order valence-corrected chi connectivity index (χ2v) is 7.04. The van der Waals surface area contributed by atoms with Crippen molar-refractivity contribution in [2.75, 3.05) is 0 Å². The van der Waals surface area contributed by atoms with E-state index in [2.05, 4.69) is 26.7 Å². The number of aromatic amines is 1. The lowest BCUT2D eigenvalue weighted by atomic mass is 10.1. The van der Waals surface area contributed by atoms with Crippen molar-refractivity contribution < 1.29 is 0 Å². The van der Waals surface area contributed by atoms with Gasteiger partial charge >= 0.3 is 5.69 Å². The zero-order valence-corrected chi connectivity index (χ0v) is 15.9. The van der Waals surface area contributed by atoms with E-state index in [4.69, 9.17) is 0 Å². The van der Waals surface area contributed by atoms with Crippen LogP contribution in [0, 0.1) is 0 Å². The highest BCUT2D eigenvalue weighted by atomic mass is 16.2. The van der Waals surface area contributed by atoms with Gasteiger partial charge in [-0.2, -0.15) is 4.98 Å². The molecule has 5 aromatic rings. The molecule has 0 aliphatic heterocycles. The first-order chi connectivity index (χ1) is 14.1. The van der Waals surface area contributed by atoms with Gasteiger partial charge in [0.05, 0.1) is 5.69 Å². The molecule has 3 aromatic heterocycles. The normalized spacial score (nSPS) is 11.5. The fraction of sp³-hybridized carbons (Fsp3) is 0.136. The third-order valence-electron chi connectivity index (χ3n) is 5.25. The quantitative estimate of drug-likeness (QED) is 0.517. The summed E-state index contributed by atoms with van der Waals surface area (Å²) >= 11 is 0. The van der Waals surface area contributed by atoms with E-state index in [1.54, 1.807) is 11.4 Å². The average molecular weight is 385 g/mol. The van der Waals surface area contributed by atoms with E-state index in [1.807, 2.05) is 54.7 Å². The summed E-state index contributed by atoms with van der Waals surface area (Å²) in [6, 6.07) is 20.3. The molecule has 0 amide bonds. The maximum atomic E-state index is 12.5. The Kier molecular flexibility index (Phi) is 3.94. The molecule has 3 heterocycles. The minimum Gasteiger partial charge on any atom is -0.309 e. The minimum absolute atomic E-state index is 0.373. The van der Waals surface area contributed by atoms with Crippen molar-refractivity contribution in [3.05, 3.63) is 93.3 Å². The van der Waals surface area contributed by atoms with Crippen LogP contribution in [0.15, 0.2) is 76.4 Å². The first-order valence-electron chi connectivity index (χ1n) is 9.43. The van der Waals surface area contributed by atoms with Gasteiger partial charge in [-0.25, -0.2) is 4.79 Å². The molecule has 5 rings (SSSR count). The largest absolute Gasteiger partial charge is 0.329 e. The number of nitrogens with one attached hydrogen (secondary N) is 1. The Morgan fingerprint density at radius 3 is 2.38 bits per heavy atom. The first-order valence-corrected chi connectivity index (χ1v) is 9.43. The number of hydrogen-bond acceptors (Lipinski definition) is 3. The van der Waals surface area contributed by atoms with Gasteiger partial charge in [0, 0.05) is 19.8 Å². The average Bonchev–Trinajstić information content (AvgIpc) is 3.28. The van der Waals surface area contributed by atoms with E-state index in [1.165, 1.54) is 10.1 Å². The molecule has 0 aliphatic carbocycles. The monoisotopic (exact) mass is 385 g/mol. The molecule has 0 radical (unpaired) electrons. The topological polar surface area (TPSA) is 77.1 Å². The number of fused-ring (bicyclic) bond motifs is 3. The van der Waals surface area contributed by atoms with Crippen molar-refractivity contribution in [1.82, 2.24) is 23.5 Å². The number of aryl methyl sites for hydroxylation is 3. The molecule has 0 unspecified atom stereocenters. The van der Waals surface area contributed by atoms with Crippen LogP contribution in [0.2, 0.25) is 0 Å². The third-order valence-corrected chi connectivity index (χ3v) is 5.25. The van der Waals surface area contributed by atoms with E-state index in [0.29, 0.717) is 23.5 Å². The zero-order valence-electron chi connectivity index (χ0n) is 15.9. The summed E-state index contributed by atoms with van der Waals surface area (Å²) in [7, 11) is 1.61. The van der Waals surface area contributed by atoms with Crippen LogP contribution in [0.1, 0.15) is 5.56 Å². The number of H-pyrrole nitrogens is 1. The molecule has 7 heteroatoms. The van der Waals surface area contributed by atoms with Gasteiger partial charge in [-0.05, 0) is 17.5 Å². The number of imidazole rings is 2. The molecule has 144 valence electrons. The second-order valence-electron chi connectivity index (χ2n) is 7.04. The molecular weight excluding hydrogens is 366 g/mol. The molecule has 0 spiro atoms. The lowest BCUT2D eigenvalue weighted by Gasteiger charge is -2.09. The Bertz CT molecular complexity index is 1440. The molecule has 0 bridgehead atoms. The highest BCUT2D eigenvalue weighted by Crippen LogP contribution is 2.25. The maximum Gasteiger partial charge on any atom is 0.329 e. The Balaban J connectivity index is 1.76. The predicted molar refractivity (Wildman–Crippen MR) is 112 cm³/mol. The van der Waals surface area contributed by atoms with E-state index < -0.39 is 11.2 Å². The van der Waals surface area contributed by atoms with Gasteiger partial charge in [0.1, 0.15) is 0 Å². The molecule has 2 aromatic carbocycles. The van der Waals surface area contributed by atoms with Crippen LogP contribution in [0.5, 0.6) is 0 Å². The minimum atomic E-state index is -0.470. The van der Waals surface area contributed by atoms with Gasteiger partial charge in [0.2, 0.25) is 5.78 Å². The lowest BCUT2D eigenvalue weighted by Crippen LogP contribution is -2.28. The van der Waals surface area contributed by atoms with Crippen LogP contribution in [-0.4, -0.2) is 23.5 Å². The summed E-state index contributed by atoms with van der Waals surface area (Å²) in [6.45, 7) is 0.694. The van der Waals surface area contributed by atoms with E-state index in [9.17, 15) is 9.59 Å². The predicted octanol–water partition coefficient (Wildman–Crippen LogP) is 2.59. The molecule has 0 aliphatic rings. The second kappa shape index (κ2) is 6.63. The molecular formula is C22H19N5O2. The number of hydrogen-bond donors (Lipinski definition) is 1. The van der Waals surface area contributed by atoms with E-state index >= 15 is 0 Å². The van der Waals surface area contributed by atoms with E-state index in [-0.39, 0.29) is 0 Å². The van der Waals surface area contributed by atoms with Gasteiger partial charge < -0.3 is 4.57 Å². The van der Waals surface area contributed by atoms with Crippen molar-refractivity contribution in [2.24, 2.45) is 7.05 Å². The van der Waals surface area contributed by atoms with Crippen LogP contribution < -0.4 is 11.2 Å². The van der Waals surface area contributed by atoms with E-state index in [0.717, 1.165) is 17.7 Å². The standard InChI is InChI=1S/C22H19N5O2/c1-25-19-18(20(28)24-22(25)29)27-14-17(16-10-6-3-7-11-16)26(21(27)23-19)13-12-15-8-4-2-5-9-15/h2-11,14H,12-13H2,1H3,(H,24,28,29). The number of nitrogens with zero attached hydrogens (tertiary/aromatic N) is 4. The van der Waals surface area contributed by atoms with Crippen LogP contribution in [-0.2, 0) is 20.0 Å². The number of rotatable bonds is 4. The van der Waals surface area contributed by atoms with Crippen LogP contribution in [0.25, 0.3) is 28.2 Å². The zero-order chi connectivity index (χ0) is 20.0. The highest BCUT2D eigenvalue weighted by molar-refractivity contribution is 5.77. The molecule has 29 heavy (non-hydrogen) atoms. The smallest absolute Gasteiger partial charge is 0.309 e. The number of benzene rings is 2. The molecule has 1 N–H and O–H groups in total. The summed E-state index contributed by atoms with van der Waals surface area (Å²) < 4.78 is 5.25. The Morgan fingerprint density at radius 1 is 0.966 bits per heavy atom. The van der Waals surface area contributed by atoms with Gasteiger partial charge in [0.15, 0.2) is 11.2 Å². The Hall–Kier alpha value is -3.87. The van der Waals surface area contributed by atoms with Crippen molar-refractivity contribution >= 4 is 16.9 Å². The van der Waals surface area contributed by atoms with Crippen LogP contribution in [0.4, 0.5) is 0 Å². The molecule has 0 saturated carbocycles. The Morgan fingerprint density at radius 2 is 1.66 bits per heavy atom. The molecule has 0 atom stereocenters. The number of aromatic nitrogens is 5. The van der Waals surface area contributed by atoms with Gasteiger partial charge in [0.25, 0.3) is 5.56 Å². The summed E-state index contributed by atoms with van der Waals surface area (Å²) in [6.07, 6.45) is 2.74. The molecule has 0 saturated heterocycles. The van der Waals surface area contributed by atoms with Crippen LogP contribution >= 0.6 is 0 Å².